The molecule has 0 aliphatic carbocycles. The Morgan fingerprint density at radius 2 is 2.36 bits per heavy atom. The Morgan fingerprint density at radius 1 is 1.64 bits per heavy atom. The van der Waals surface area contributed by atoms with Crippen molar-refractivity contribution < 1.29 is 9.53 Å². The number of piperidine rings is 1. The number of carbonyl (C=O) groups is 1. The smallest absolute Gasteiger partial charge is 0.322 e. The second kappa shape index (κ2) is 3.72. The summed E-state index contributed by atoms with van der Waals surface area (Å²) < 4.78 is 4.64. The molecule has 1 heterocycles. The Hall–Kier alpha value is -0.570. The number of rotatable bonds is 1. The molecule has 0 spiro atoms. The van der Waals surface area contributed by atoms with Gasteiger partial charge in [0.05, 0.1) is 7.11 Å². The van der Waals surface area contributed by atoms with Crippen LogP contribution in [0.5, 0.6) is 0 Å². The molecule has 0 aromatic rings. The molecule has 3 heteroatoms. The van der Waals surface area contributed by atoms with Crippen LogP contribution in [0.15, 0.2) is 0 Å². The molecule has 1 N–H and O–H groups in total. The number of ether oxygens (including phenoxy) is 1. The Kier molecular flexibility index (Phi) is 2.88. The van der Waals surface area contributed by atoms with Gasteiger partial charge in [-0.25, -0.2) is 0 Å². The Morgan fingerprint density at radius 3 is 2.91 bits per heavy atom. The molecule has 0 unspecified atom stereocenters. The van der Waals surface area contributed by atoms with E-state index in [1.807, 2.05) is 0 Å². The normalized spacial score (nSPS) is 31.5. The lowest BCUT2D eigenvalue weighted by Crippen LogP contribution is -2.43. The molecular weight excluding hydrogens is 142 g/mol. The van der Waals surface area contributed by atoms with Crippen LogP contribution in [0.3, 0.4) is 0 Å². The standard InChI is InChI=1S/C8H15NO2/c1-6-3-4-9-7(5-6)8(10)11-2/h6-7,9H,3-5H2,1-2H3/t6-,7-/m0/s1. The van der Waals surface area contributed by atoms with Crippen LogP contribution in [-0.4, -0.2) is 25.7 Å². The number of esters is 1. The Balaban J connectivity index is 2.39. The molecule has 1 rings (SSSR count). The maximum Gasteiger partial charge on any atom is 0.322 e. The first-order valence-corrected chi connectivity index (χ1v) is 4.05. The SMILES string of the molecule is COC(=O)[C@@H]1C[C@@H](C)CCN1. The number of hydrogen-bond acceptors (Lipinski definition) is 3. The summed E-state index contributed by atoms with van der Waals surface area (Å²) in [5.41, 5.74) is 0. The number of carbonyl (C=O) groups excluding carboxylic acids is 1. The molecule has 11 heavy (non-hydrogen) atoms. The van der Waals surface area contributed by atoms with Crippen LogP contribution >= 0.6 is 0 Å². The first-order chi connectivity index (χ1) is 5.24. The maximum atomic E-state index is 11.0. The van der Waals surface area contributed by atoms with E-state index in [2.05, 4.69) is 17.0 Å². The molecule has 0 amide bonds. The Bertz CT molecular complexity index is 147. The van der Waals surface area contributed by atoms with Gasteiger partial charge in [0.2, 0.25) is 0 Å². The highest BCUT2D eigenvalue weighted by Crippen LogP contribution is 2.15. The third-order valence-corrected chi connectivity index (χ3v) is 2.15. The van der Waals surface area contributed by atoms with E-state index >= 15 is 0 Å². The maximum absolute atomic E-state index is 11.0. The highest BCUT2D eigenvalue weighted by atomic mass is 16.5. The molecule has 0 aromatic heterocycles. The van der Waals surface area contributed by atoms with Crippen LogP contribution < -0.4 is 5.32 Å². The molecule has 64 valence electrons. The topological polar surface area (TPSA) is 38.3 Å². The summed E-state index contributed by atoms with van der Waals surface area (Å²) >= 11 is 0. The average Bonchev–Trinajstić information content (AvgIpc) is 2.03. The summed E-state index contributed by atoms with van der Waals surface area (Å²) in [4.78, 5) is 11.0. The van der Waals surface area contributed by atoms with Gasteiger partial charge in [0.15, 0.2) is 0 Å². The van der Waals surface area contributed by atoms with Crippen molar-refractivity contribution >= 4 is 5.97 Å². The van der Waals surface area contributed by atoms with Crippen molar-refractivity contribution in [2.45, 2.75) is 25.8 Å². The van der Waals surface area contributed by atoms with Crippen molar-refractivity contribution in [3.63, 3.8) is 0 Å². The summed E-state index contributed by atoms with van der Waals surface area (Å²) in [5.74, 6) is 0.511. The molecule has 0 aromatic carbocycles. The summed E-state index contributed by atoms with van der Waals surface area (Å²) in [5, 5.41) is 3.13. The molecular formula is C8H15NO2. The van der Waals surface area contributed by atoms with Gasteiger partial charge in [-0.05, 0) is 25.3 Å². The quantitative estimate of drug-likeness (QED) is 0.565. The molecule has 1 saturated heterocycles. The minimum Gasteiger partial charge on any atom is -0.468 e. The van der Waals surface area contributed by atoms with Crippen molar-refractivity contribution in [2.75, 3.05) is 13.7 Å². The molecule has 0 saturated carbocycles. The fourth-order valence-electron chi connectivity index (χ4n) is 1.43. The third kappa shape index (κ3) is 2.19. The lowest BCUT2D eigenvalue weighted by atomic mass is 9.94. The monoisotopic (exact) mass is 157 g/mol. The van der Waals surface area contributed by atoms with Crippen molar-refractivity contribution in [1.82, 2.24) is 5.32 Å². The molecule has 1 aliphatic heterocycles. The van der Waals surface area contributed by atoms with Crippen LogP contribution in [0.1, 0.15) is 19.8 Å². The summed E-state index contributed by atoms with van der Waals surface area (Å²) in [6, 6.07) is -0.0660. The second-order valence-corrected chi connectivity index (χ2v) is 3.16. The van der Waals surface area contributed by atoms with E-state index in [1.165, 1.54) is 7.11 Å². The first-order valence-electron chi connectivity index (χ1n) is 4.05. The zero-order valence-electron chi connectivity index (χ0n) is 7.09. The van der Waals surface area contributed by atoms with Gasteiger partial charge in [-0.2, -0.15) is 0 Å². The van der Waals surface area contributed by atoms with Gasteiger partial charge in [0, 0.05) is 0 Å². The van der Waals surface area contributed by atoms with Gasteiger partial charge < -0.3 is 10.1 Å². The molecule has 1 fully saturated rings. The van der Waals surface area contributed by atoms with Crippen molar-refractivity contribution in [3.05, 3.63) is 0 Å². The average molecular weight is 157 g/mol. The van der Waals surface area contributed by atoms with E-state index < -0.39 is 0 Å². The molecule has 3 nitrogen and oxygen atoms in total. The van der Waals surface area contributed by atoms with Crippen molar-refractivity contribution in [1.29, 1.82) is 0 Å². The van der Waals surface area contributed by atoms with Crippen LogP contribution in [0.2, 0.25) is 0 Å². The number of methoxy groups -OCH3 is 1. The van der Waals surface area contributed by atoms with Crippen LogP contribution in [-0.2, 0) is 9.53 Å². The predicted molar refractivity (Wildman–Crippen MR) is 42.2 cm³/mol. The number of hydrogen-bond donors (Lipinski definition) is 1. The lowest BCUT2D eigenvalue weighted by Gasteiger charge is -2.25. The molecule has 0 bridgehead atoms. The van der Waals surface area contributed by atoms with E-state index in [4.69, 9.17) is 0 Å². The molecule has 0 radical (unpaired) electrons. The highest BCUT2D eigenvalue weighted by Gasteiger charge is 2.24. The number of nitrogens with one attached hydrogen (secondary N) is 1. The van der Waals surface area contributed by atoms with Crippen molar-refractivity contribution in [2.24, 2.45) is 5.92 Å². The van der Waals surface area contributed by atoms with Crippen LogP contribution in [0.4, 0.5) is 0 Å². The van der Waals surface area contributed by atoms with Gasteiger partial charge >= 0.3 is 5.97 Å². The third-order valence-electron chi connectivity index (χ3n) is 2.15. The van der Waals surface area contributed by atoms with Crippen LogP contribution in [0.25, 0.3) is 0 Å². The predicted octanol–water partition coefficient (Wildman–Crippen LogP) is 0.547. The minimum atomic E-state index is -0.128. The summed E-state index contributed by atoms with van der Waals surface area (Å²) in [7, 11) is 1.43. The molecule has 2 atom stereocenters. The zero-order chi connectivity index (χ0) is 8.27. The lowest BCUT2D eigenvalue weighted by molar-refractivity contribution is -0.144. The Labute approximate surface area is 67.1 Å². The van der Waals surface area contributed by atoms with Gasteiger partial charge in [0.1, 0.15) is 6.04 Å². The largest absolute Gasteiger partial charge is 0.468 e. The van der Waals surface area contributed by atoms with E-state index in [0.717, 1.165) is 19.4 Å². The van der Waals surface area contributed by atoms with Crippen molar-refractivity contribution in [3.8, 4) is 0 Å². The highest BCUT2D eigenvalue weighted by molar-refractivity contribution is 5.75. The molecule has 1 aliphatic rings. The fourth-order valence-corrected chi connectivity index (χ4v) is 1.43. The van der Waals surface area contributed by atoms with Gasteiger partial charge in [0.25, 0.3) is 0 Å². The van der Waals surface area contributed by atoms with Gasteiger partial charge in [-0.15, -0.1) is 0 Å². The summed E-state index contributed by atoms with van der Waals surface area (Å²) in [6.45, 7) is 3.09. The fraction of sp³-hybridized carbons (Fsp3) is 0.875. The first kappa shape index (κ1) is 8.53. The summed E-state index contributed by atoms with van der Waals surface area (Å²) in [6.07, 6.45) is 2.07. The minimum absolute atomic E-state index is 0.0660. The van der Waals surface area contributed by atoms with E-state index in [9.17, 15) is 4.79 Å². The van der Waals surface area contributed by atoms with Gasteiger partial charge in [-0.3, -0.25) is 4.79 Å². The van der Waals surface area contributed by atoms with E-state index in [-0.39, 0.29) is 12.0 Å². The zero-order valence-corrected chi connectivity index (χ0v) is 7.09. The second-order valence-electron chi connectivity index (χ2n) is 3.16. The van der Waals surface area contributed by atoms with Gasteiger partial charge in [-0.1, -0.05) is 6.92 Å². The van der Waals surface area contributed by atoms with E-state index in [0.29, 0.717) is 5.92 Å². The van der Waals surface area contributed by atoms with Crippen LogP contribution in [0, 0.1) is 5.92 Å². The van der Waals surface area contributed by atoms with E-state index in [1.54, 1.807) is 0 Å².